The lowest BCUT2D eigenvalue weighted by atomic mass is 10.3. The molecule has 144 valence electrons. The molecular weight excluding hydrogens is 431 g/mol. The van der Waals surface area contributed by atoms with E-state index in [1.807, 2.05) is 31.2 Å². The molecule has 0 aliphatic heterocycles. The highest BCUT2D eigenvalue weighted by Crippen LogP contribution is 2.30. The minimum Gasteiger partial charge on any atom is -0.360 e. The first-order valence-electron chi connectivity index (χ1n) is 8.60. The van der Waals surface area contributed by atoms with Crippen LogP contribution in [0, 0.1) is 0 Å². The van der Waals surface area contributed by atoms with Crippen LogP contribution < -0.4 is 10.6 Å². The number of thiophene rings is 1. The highest BCUT2D eigenvalue weighted by Gasteiger charge is 2.18. The molecule has 0 aliphatic rings. The molecule has 1 atom stereocenters. The molecule has 1 amide bonds. The second-order valence-corrected chi connectivity index (χ2v) is 10.5. The van der Waals surface area contributed by atoms with Gasteiger partial charge in [-0.25, -0.2) is 4.98 Å². The maximum absolute atomic E-state index is 12.5. The lowest BCUT2D eigenvalue weighted by Gasteiger charge is -2.07. The minimum absolute atomic E-state index is 0.0912. The Labute approximate surface area is 178 Å². The van der Waals surface area contributed by atoms with E-state index in [1.54, 1.807) is 11.3 Å². The predicted octanol–water partition coefficient (Wildman–Crippen LogP) is 4.98. The first-order chi connectivity index (χ1) is 13.7. The van der Waals surface area contributed by atoms with Gasteiger partial charge in [0.05, 0.1) is 15.5 Å². The average molecular weight is 448 g/mol. The van der Waals surface area contributed by atoms with Gasteiger partial charge in [-0.05, 0) is 36.9 Å². The fourth-order valence-corrected chi connectivity index (χ4v) is 5.91. The molecule has 6 nitrogen and oxygen atoms in total. The molecule has 28 heavy (non-hydrogen) atoms. The molecule has 0 aliphatic carbocycles. The number of rotatable bonds is 8. The zero-order chi connectivity index (χ0) is 19.3. The Bertz CT molecular complexity index is 1030. The third-order valence-corrected chi connectivity index (χ3v) is 7.76. The van der Waals surface area contributed by atoms with Gasteiger partial charge in [0.25, 0.3) is 0 Å². The van der Waals surface area contributed by atoms with Crippen LogP contribution in [0.4, 0.5) is 10.3 Å². The van der Waals surface area contributed by atoms with E-state index in [0.29, 0.717) is 5.13 Å². The summed E-state index contributed by atoms with van der Waals surface area (Å²) in [5.41, 5.74) is 0.894. The standard InChI is InChI=1S/C18H17N5OS4/c1-11(15(24)21-17-20-13-6-2-3-7-14(13)27-17)26-18-23-22-16(28-18)19-9-8-12-5-4-10-25-12/h2-7,10-11H,8-9H2,1H3,(H,19,22)(H,20,21,24). The van der Waals surface area contributed by atoms with Crippen molar-refractivity contribution in [2.24, 2.45) is 0 Å². The van der Waals surface area contributed by atoms with Crippen LogP contribution in [0.2, 0.25) is 0 Å². The number of thioether (sulfide) groups is 1. The van der Waals surface area contributed by atoms with Crippen molar-refractivity contribution >= 4 is 72.2 Å². The molecule has 0 spiro atoms. The number of hydrogen-bond acceptors (Lipinski definition) is 9. The number of thiazole rings is 1. The molecule has 0 radical (unpaired) electrons. The molecule has 10 heteroatoms. The Hall–Kier alpha value is -2.01. The molecular formula is C18H17N5OS4. The van der Waals surface area contributed by atoms with Gasteiger partial charge in [-0.1, -0.05) is 52.6 Å². The fourth-order valence-electron chi connectivity index (χ4n) is 2.41. The van der Waals surface area contributed by atoms with Crippen LogP contribution in [0.25, 0.3) is 10.2 Å². The molecule has 0 bridgehead atoms. The van der Waals surface area contributed by atoms with E-state index in [1.165, 1.54) is 39.3 Å². The topological polar surface area (TPSA) is 79.8 Å². The Morgan fingerprint density at radius 3 is 2.86 bits per heavy atom. The molecule has 0 saturated heterocycles. The Morgan fingerprint density at radius 2 is 2.04 bits per heavy atom. The molecule has 1 aromatic carbocycles. The van der Waals surface area contributed by atoms with Crippen LogP contribution in [0.5, 0.6) is 0 Å². The largest absolute Gasteiger partial charge is 0.360 e. The molecule has 3 heterocycles. The number of carbonyl (C=O) groups is 1. The zero-order valence-corrected chi connectivity index (χ0v) is 18.2. The number of aromatic nitrogens is 3. The monoisotopic (exact) mass is 447 g/mol. The van der Waals surface area contributed by atoms with E-state index in [9.17, 15) is 4.79 Å². The van der Waals surface area contributed by atoms with E-state index >= 15 is 0 Å². The van der Waals surface area contributed by atoms with Crippen molar-refractivity contribution in [3.05, 3.63) is 46.7 Å². The van der Waals surface area contributed by atoms with Crippen molar-refractivity contribution < 1.29 is 4.79 Å². The summed E-state index contributed by atoms with van der Waals surface area (Å²) in [6.07, 6.45) is 0.959. The van der Waals surface area contributed by atoms with Crippen LogP contribution in [-0.2, 0) is 11.2 Å². The van der Waals surface area contributed by atoms with E-state index in [0.717, 1.165) is 32.7 Å². The fraction of sp³-hybridized carbons (Fsp3) is 0.222. The summed E-state index contributed by atoms with van der Waals surface area (Å²) >= 11 is 6.09. The summed E-state index contributed by atoms with van der Waals surface area (Å²) in [5, 5.41) is 17.7. The van der Waals surface area contributed by atoms with Crippen molar-refractivity contribution in [3.63, 3.8) is 0 Å². The number of benzene rings is 1. The van der Waals surface area contributed by atoms with Crippen LogP contribution in [0.3, 0.4) is 0 Å². The van der Waals surface area contributed by atoms with Crippen LogP contribution in [0.15, 0.2) is 46.1 Å². The predicted molar refractivity (Wildman–Crippen MR) is 120 cm³/mol. The van der Waals surface area contributed by atoms with Gasteiger partial charge in [0, 0.05) is 11.4 Å². The number of fused-ring (bicyclic) bond motifs is 1. The number of amides is 1. The molecule has 1 unspecified atom stereocenters. The van der Waals surface area contributed by atoms with Crippen LogP contribution in [-0.4, -0.2) is 32.9 Å². The van der Waals surface area contributed by atoms with Gasteiger partial charge in [-0.2, -0.15) is 0 Å². The van der Waals surface area contributed by atoms with Gasteiger partial charge in [-0.3, -0.25) is 4.79 Å². The van der Waals surface area contributed by atoms with E-state index in [4.69, 9.17) is 0 Å². The average Bonchev–Trinajstić information content (AvgIpc) is 3.42. The maximum Gasteiger partial charge on any atom is 0.239 e. The second-order valence-electron chi connectivity index (χ2n) is 5.87. The summed E-state index contributed by atoms with van der Waals surface area (Å²) in [7, 11) is 0. The molecule has 0 saturated carbocycles. The molecule has 4 aromatic rings. The number of carbonyl (C=O) groups excluding carboxylic acids is 1. The maximum atomic E-state index is 12.5. The zero-order valence-electron chi connectivity index (χ0n) is 14.9. The number of hydrogen-bond donors (Lipinski definition) is 2. The van der Waals surface area contributed by atoms with Gasteiger partial charge in [-0.15, -0.1) is 21.5 Å². The normalized spacial score (nSPS) is 12.2. The van der Waals surface area contributed by atoms with E-state index in [2.05, 4.69) is 43.3 Å². The lowest BCUT2D eigenvalue weighted by Crippen LogP contribution is -2.22. The second kappa shape index (κ2) is 8.99. The molecule has 4 rings (SSSR count). The lowest BCUT2D eigenvalue weighted by molar-refractivity contribution is -0.115. The first-order valence-corrected chi connectivity index (χ1v) is 12.0. The first kappa shape index (κ1) is 19.3. The number of nitrogens with zero attached hydrogens (tertiary/aromatic N) is 3. The number of para-hydroxylation sites is 1. The van der Waals surface area contributed by atoms with Gasteiger partial charge in [0.15, 0.2) is 9.47 Å². The third-order valence-electron chi connectivity index (χ3n) is 3.81. The van der Waals surface area contributed by atoms with Crippen molar-refractivity contribution in [2.45, 2.75) is 22.9 Å². The van der Waals surface area contributed by atoms with Crippen LogP contribution >= 0.6 is 45.8 Å². The van der Waals surface area contributed by atoms with E-state index < -0.39 is 0 Å². The summed E-state index contributed by atoms with van der Waals surface area (Å²) in [5.74, 6) is -0.0912. The molecule has 2 N–H and O–H groups in total. The molecule has 0 fully saturated rings. The Kier molecular flexibility index (Phi) is 6.20. The molecule has 3 aromatic heterocycles. The highest BCUT2D eigenvalue weighted by molar-refractivity contribution is 8.02. The Balaban J connectivity index is 1.28. The van der Waals surface area contributed by atoms with Crippen molar-refractivity contribution in [3.8, 4) is 0 Å². The minimum atomic E-state index is -0.293. The van der Waals surface area contributed by atoms with Crippen molar-refractivity contribution in [2.75, 3.05) is 17.2 Å². The van der Waals surface area contributed by atoms with E-state index in [-0.39, 0.29) is 11.2 Å². The van der Waals surface area contributed by atoms with Gasteiger partial charge >= 0.3 is 0 Å². The number of anilines is 2. The van der Waals surface area contributed by atoms with Gasteiger partial charge in [0.1, 0.15) is 0 Å². The van der Waals surface area contributed by atoms with Crippen molar-refractivity contribution in [1.82, 2.24) is 15.2 Å². The van der Waals surface area contributed by atoms with Gasteiger partial charge < -0.3 is 10.6 Å². The quantitative estimate of drug-likeness (QED) is 0.371. The summed E-state index contributed by atoms with van der Waals surface area (Å²) < 4.78 is 1.83. The summed E-state index contributed by atoms with van der Waals surface area (Å²) in [4.78, 5) is 18.3. The summed E-state index contributed by atoms with van der Waals surface area (Å²) in [6.45, 7) is 2.67. The third kappa shape index (κ3) is 4.88. The van der Waals surface area contributed by atoms with Crippen molar-refractivity contribution in [1.29, 1.82) is 0 Å². The highest BCUT2D eigenvalue weighted by atomic mass is 32.2. The van der Waals surface area contributed by atoms with Gasteiger partial charge in [0.2, 0.25) is 11.0 Å². The Morgan fingerprint density at radius 1 is 1.14 bits per heavy atom. The smallest absolute Gasteiger partial charge is 0.239 e. The SMILES string of the molecule is CC(Sc1nnc(NCCc2cccs2)s1)C(=O)Nc1nc2ccccc2s1. The van der Waals surface area contributed by atoms with Crippen LogP contribution in [0.1, 0.15) is 11.8 Å². The summed E-state index contributed by atoms with van der Waals surface area (Å²) in [6, 6.07) is 12.0. The number of nitrogens with one attached hydrogen (secondary N) is 2.